The topological polar surface area (TPSA) is 73.7 Å². The van der Waals surface area contributed by atoms with Crippen LogP contribution in [0, 0.1) is 6.92 Å². The van der Waals surface area contributed by atoms with Crippen LogP contribution in [-0.2, 0) is 11.3 Å². The van der Waals surface area contributed by atoms with Crippen LogP contribution < -0.4 is 0 Å². The van der Waals surface area contributed by atoms with Crippen molar-refractivity contribution in [1.82, 2.24) is 14.8 Å². The molecular formula is C12H17N3O3S. The van der Waals surface area contributed by atoms with Gasteiger partial charge in [0.2, 0.25) is 0 Å². The van der Waals surface area contributed by atoms with E-state index in [1.165, 1.54) is 16.2 Å². The Morgan fingerprint density at radius 1 is 1.63 bits per heavy atom. The van der Waals surface area contributed by atoms with Gasteiger partial charge in [0.1, 0.15) is 6.04 Å². The van der Waals surface area contributed by atoms with Gasteiger partial charge < -0.3 is 14.9 Å². The van der Waals surface area contributed by atoms with Gasteiger partial charge in [-0.3, -0.25) is 0 Å². The summed E-state index contributed by atoms with van der Waals surface area (Å²) in [7, 11) is 1.69. The zero-order valence-corrected chi connectivity index (χ0v) is 11.8. The zero-order chi connectivity index (χ0) is 14.0. The summed E-state index contributed by atoms with van der Waals surface area (Å²) in [6.45, 7) is 2.89. The molecule has 6 nitrogen and oxygen atoms in total. The Labute approximate surface area is 115 Å². The van der Waals surface area contributed by atoms with Gasteiger partial charge in [-0.2, -0.15) is 0 Å². The number of rotatable bonds is 3. The Morgan fingerprint density at radius 3 is 2.95 bits per heavy atom. The van der Waals surface area contributed by atoms with Crippen LogP contribution in [-0.4, -0.2) is 51.5 Å². The van der Waals surface area contributed by atoms with E-state index in [9.17, 15) is 9.59 Å². The number of hydrogen-bond donors (Lipinski definition) is 1. The van der Waals surface area contributed by atoms with Crippen molar-refractivity contribution >= 4 is 23.3 Å². The number of aliphatic carboxylic acids is 1. The maximum absolute atomic E-state index is 12.3. The summed E-state index contributed by atoms with van der Waals surface area (Å²) in [5.74, 6) is -0.923. The van der Waals surface area contributed by atoms with Crippen molar-refractivity contribution in [2.45, 2.75) is 32.4 Å². The summed E-state index contributed by atoms with van der Waals surface area (Å²) < 4.78 is 0. The van der Waals surface area contributed by atoms with Crippen molar-refractivity contribution < 1.29 is 14.7 Å². The fourth-order valence-electron chi connectivity index (χ4n) is 2.23. The molecule has 2 heterocycles. The highest BCUT2D eigenvalue weighted by molar-refractivity contribution is 7.09. The van der Waals surface area contributed by atoms with Crippen LogP contribution >= 0.6 is 11.3 Å². The maximum atomic E-state index is 12.3. The molecule has 0 bridgehead atoms. The number of hydrogen-bond acceptors (Lipinski definition) is 4. The minimum atomic E-state index is -0.923. The number of carbonyl (C=O) groups is 2. The average molecular weight is 283 g/mol. The molecule has 0 aliphatic carbocycles. The van der Waals surface area contributed by atoms with E-state index in [1.807, 2.05) is 6.92 Å². The number of thiazole rings is 1. The summed E-state index contributed by atoms with van der Waals surface area (Å²) in [6, 6.07) is -0.907. The quantitative estimate of drug-likeness (QED) is 0.913. The number of amides is 2. The van der Waals surface area contributed by atoms with Crippen LogP contribution in [0.5, 0.6) is 0 Å². The maximum Gasteiger partial charge on any atom is 0.326 e. The van der Waals surface area contributed by atoms with E-state index in [4.69, 9.17) is 5.11 Å². The minimum absolute atomic E-state index is 0.224. The first-order chi connectivity index (χ1) is 9.00. The minimum Gasteiger partial charge on any atom is -0.480 e. The third-order valence-electron chi connectivity index (χ3n) is 3.34. The van der Waals surface area contributed by atoms with E-state index in [2.05, 4.69) is 4.98 Å². The Hall–Kier alpha value is -1.63. The van der Waals surface area contributed by atoms with Crippen LogP contribution in [0.1, 0.15) is 23.4 Å². The molecule has 1 saturated heterocycles. The molecule has 0 radical (unpaired) electrons. The number of carboxylic acid groups (broad SMARTS) is 1. The first-order valence-corrected chi connectivity index (χ1v) is 7.02. The monoisotopic (exact) mass is 283 g/mol. The van der Waals surface area contributed by atoms with Gasteiger partial charge in [0.15, 0.2) is 0 Å². The number of carbonyl (C=O) groups excluding carboxylic acids is 1. The molecule has 104 valence electrons. The molecule has 19 heavy (non-hydrogen) atoms. The van der Waals surface area contributed by atoms with Gasteiger partial charge >= 0.3 is 12.0 Å². The smallest absolute Gasteiger partial charge is 0.326 e. The lowest BCUT2D eigenvalue weighted by atomic mass is 10.2. The molecule has 0 saturated carbocycles. The number of likely N-dealkylation sites (tertiary alicyclic amines) is 1. The summed E-state index contributed by atoms with van der Waals surface area (Å²) in [5.41, 5.74) is 2.67. The fraction of sp³-hybridized carbons (Fsp3) is 0.583. The van der Waals surface area contributed by atoms with Crippen molar-refractivity contribution in [2.75, 3.05) is 13.6 Å². The Balaban J connectivity index is 2.03. The van der Waals surface area contributed by atoms with E-state index < -0.39 is 12.0 Å². The van der Waals surface area contributed by atoms with Gasteiger partial charge in [-0.25, -0.2) is 14.6 Å². The average Bonchev–Trinajstić information content (AvgIpc) is 2.98. The summed E-state index contributed by atoms with van der Waals surface area (Å²) in [5, 5.41) is 9.09. The van der Waals surface area contributed by atoms with Crippen molar-refractivity contribution in [3.05, 3.63) is 16.1 Å². The zero-order valence-electron chi connectivity index (χ0n) is 11.0. The van der Waals surface area contributed by atoms with Crippen LogP contribution in [0.2, 0.25) is 0 Å². The van der Waals surface area contributed by atoms with E-state index in [0.29, 0.717) is 19.5 Å². The Bertz CT molecular complexity index is 488. The van der Waals surface area contributed by atoms with Crippen molar-refractivity contribution in [3.63, 3.8) is 0 Å². The molecule has 1 N–H and O–H groups in total. The predicted octanol–water partition coefficient (Wildman–Crippen LogP) is 1.55. The van der Waals surface area contributed by atoms with E-state index in [0.717, 1.165) is 17.0 Å². The number of urea groups is 1. The van der Waals surface area contributed by atoms with Crippen LogP contribution in [0.25, 0.3) is 0 Å². The predicted molar refractivity (Wildman–Crippen MR) is 71.1 cm³/mol. The third-order valence-corrected chi connectivity index (χ3v) is 4.26. The van der Waals surface area contributed by atoms with Crippen LogP contribution in [0.3, 0.4) is 0 Å². The fourth-order valence-corrected chi connectivity index (χ4v) is 3.06. The number of aryl methyl sites for hydroxylation is 1. The van der Waals surface area contributed by atoms with E-state index in [1.54, 1.807) is 17.5 Å². The molecule has 1 atom stereocenters. The second kappa shape index (κ2) is 5.56. The molecule has 2 amide bonds. The first-order valence-electron chi connectivity index (χ1n) is 6.14. The Kier molecular flexibility index (Phi) is 4.04. The summed E-state index contributed by atoms with van der Waals surface area (Å²) in [6.07, 6.45) is 1.28. The van der Waals surface area contributed by atoms with Gasteiger partial charge in [-0.15, -0.1) is 11.3 Å². The molecule has 1 aliphatic rings. The molecule has 1 aromatic heterocycles. The number of aromatic nitrogens is 1. The highest BCUT2D eigenvalue weighted by atomic mass is 32.1. The molecule has 1 fully saturated rings. The highest BCUT2D eigenvalue weighted by Gasteiger charge is 2.35. The molecule has 1 aromatic rings. The summed E-state index contributed by atoms with van der Waals surface area (Å²) in [4.78, 5) is 31.5. The van der Waals surface area contributed by atoms with E-state index >= 15 is 0 Å². The van der Waals surface area contributed by atoms with Crippen LogP contribution in [0.15, 0.2) is 5.51 Å². The lowest BCUT2D eigenvalue weighted by Gasteiger charge is -2.27. The number of nitrogens with zero attached hydrogens (tertiary/aromatic N) is 3. The van der Waals surface area contributed by atoms with Gasteiger partial charge in [0.05, 0.1) is 17.7 Å². The second-order valence-corrected chi connectivity index (χ2v) is 5.63. The third kappa shape index (κ3) is 2.86. The summed E-state index contributed by atoms with van der Waals surface area (Å²) >= 11 is 1.51. The molecular weight excluding hydrogens is 266 g/mol. The molecule has 0 aromatic carbocycles. The molecule has 0 spiro atoms. The second-order valence-electron chi connectivity index (χ2n) is 4.69. The molecule has 7 heteroatoms. The molecule has 1 aliphatic heterocycles. The lowest BCUT2D eigenvalue weighted by molar-refractivity contribution is -0.141. The SMILES string of the molecule is Cc1ncsc1CN(C)C(=O)N1CCC[C@@H]1C(=O)O. The Morgan fingerprint density at radius 2 is 2.37 bits per heavy atom. The van der Waals surface area contributed by atoms with Crippen LogP contribution in [0.4, 0.5) is 4.79 Å². The van der Waals surface area contributed by atoms with Gasteiger partial charge in [0.25, 0.3) is 0 Å². The van der Waals surface area contributed by atoms with Crippen molar-refractivity contribution in [3.8, 4) is 0 Å². The number of carboxylic acids is 1. The van der Waals surface area contributed by atoms with Crippen molar-refractivity contribution in [2.24, 2.45) is 0 Å². The van der Waals surface area contributed by atoms with Crippen molar-refractivity contribution in [1.29, 1.82) is 0 Å². The first kappa shape index (κ1) is 13.8. The van der Waals surface area contributed by atoms with Gasteiger partial charge in [0, 0.05) is 18.5 Å². The normalized spacial score (nSPS) is 18.6. The standard InChI is InChI=1S/C12H17N3O3S/c1-8-10(19-7-13-8)6-14(2)12(18)15-5-3-4-9(15)11(16)17/h7,9H,3-6H2,1-2H3,(H,16,17)/t9-/m1/s1. The molecule has 2 rings (SSSR count). The van der Waals surface area contributed by atoms with E-state index in [-0.39, 0.29) is 6.03 Å². The lowest BCUT2D eigenvalue weighted by Crippen LogP contribution is -2.46. The highest BCUT2D eigenvalue weighted by Crippen LogP contribution is 2.21. The van der Waals surface area contributed by atoms with Gasteiger partial charge in [-0.05, 0) is 19.8 Å². The largest absolute Gasteiger partial charge is 0.480 e. The molecule has 0 unspecified atom stereocenters. The van der Waals surface area contributed by atoms with Gasteiger partial charge in [-0.1, -0.05) is 0 Å².